The first-order chi connectivity index (χ1) is 10.0. The zero-order chi connectivity index (χ0) is 16.1. The second-order valence-corrected chi connectivity index (χ2v) is 5.28. The van der Waals surface area contributed by atoms with Crippen LogP contribution in [0.5, 0.6) is 0 Å². The van der Waals surface area contributed by atoms with E-state index in [1.165, 1.54) is 0 Å². The molecular weight excluding hydrogens is 272 g/mol. The summed E-state index contributed by atoms with van der Waals surface area (Å²) >= 11 is 0. The third-order valence-corrected chi connectivity index (χ3v) is 3.14. The van der Waals surface area contributed by atoms with E-state index in [0.29, 0.717) is 19.4 Å². The van der Waals surface area contributed by atoms with Gasteiger partial charge in [-0.2, -0.15) is 0 Å². The SMILES string of the molecule is CCCCCC(OC(=O)CC(=O)OCCC)C(O)CCC. The Kier molecular flexibility index (Phi) is 12.0. The van der Waals surface area contributed by atoms with Crippen molar-refractivity contribution >= 4 is 11.9 Å². The first-order valence-electron chi connectivity index (χ1n) is 8.08. The van der Waals surface area contributed by atoms with E-state index in [0.717, 1.165) is 32.1 Å². The second-order valence-electron chi connectivity index (χ2n) is 5.28. The standard InChI is InChI=1S/C16H30O5/c1-4-7-8-10-14(13(17)9-5-2)21-16(19)12-15(18)20-11-6-3/h13-14,17H,4-12H2,1-3H3. The maximum atomic E-state index is 11.7. The second kappa shape index (κ2) is 12.6. The van der Waals surface area contributed by atoms with Gasteiger partial charge in [0.25, 0.3) is 0 Å². The Hall–Kier alpha value is -1.10. The number of carbonyl (C=O) groups is 2. The van der Waals surface area contributed by atoms with Crippen LogP contribution in [0.15, 0.2) is 0 Å². The topological polar surface area (TPSA) is 72.8 Å². The highest BCUT2D eigenvalue weighted by atomic mass is 16.6. The maximum Gasteiger partial charge on any atom is 0.317 e. The number of aliphatic hydroxyl groups is 1. The largest absolute Gasteiger partial charge is 0.465 e. The number of esters is 2. The maximum absolute atomic E-state index is 11.7. The smallest absolute Gasteiger partial charge is 0.317 e. The Balaban J connectivity index is 4.29. The predicted octanol–water partition coefficient (Wildman–Crippen LogP) is 2.98. The minimum Gasteiger partial charge on any atom is -0.465 e. The molecule has 0 spiro atoms. The van der Waals surface area contributed by atoms with E-state index < -0.39 is 24.1 Å². The summed E-state index contributed by atoms with van der Waals surface area (Å²) in [5, 5.41) is 10.0. The van der Waals surface area contributed by atoms with Crippen LogP contribution in [0.4, 0.5) is 0 Å². The van der Waals surface area contributed by atoms with Crippen LogP contribution in [0.25, 0.3) is 0 Å². The van der Waals surface area contributed by atoms with Crippen LogP contribution >= 0.6 is 0 Å². The third-order valence-electron chi connectivity index (χ3n) is 3.14. The molecule has 0 saturated heterocycles. The lowest BCUT2D eigenvalue weighted by Crippen LogP contribution is -2.32. The number of ether oxygens (including phenoxy) is 2. The van der Waals surface area contributed by atoms with Gasteiger partial charge in [0, 0.05) is 0 Å². The van der Waals surface area contributed by atoms with Gasteiger partial charge in [-0.15, -0.1) is 0 Å². The van der Waals surface area contributed by atoms with Gasteiger partial charge in [-0.1, -0.05) is 40.0 Å². The van der Waals surface area contributed by atoms with Crippen LogP contribution in [0.1, 0.15) is 72.1 Å². The van der Waals surface area contributed by atoms with Crippen molar-refractivity contribution < 1.29 is 24.2 Å². The van der Waals surface area contributed by atoms with Crippen LogP contribution in [0.3, 0.4) is 0 Å². The molecular formula is C16H30O5. The Morgan fingerprint density at radius 3 is 2.24 bits per heavy atom. The molecule has 0 saturated carbocycles. The van der Waals surface area contributed by atoms with Crippen molar-refractivity contribution in [3.05, 3.63) is 0 Å². The molecule has 0 aromatic rings. The number of aliphatic hydroxyl groups excluding tert-OH is 1. The van der Waals surface area contributed by atoms with Crippen molar-refractivity contribution in [1.29, 1.82) is 0 Å². The fourth-order valence-electron chi connectivity index (χ4n) is 2.00. The molecule has 0 heterocycles. The Bertz CT molecular complexity index is 290. The fourth-order valence-corrected chi connectivity index (χ4v) is 2.00. The van der Waals surface area contributed by atoms with Crippen LogP contribution in [0.2, 0.25) is 0 Å². The van der Waals surface area contributed by atoms with E-state index in [-0.39, 0.29) is 6.42 Å². The number of unbranched alkanes of at least 4 members (excludes halogenated alkanes) is 2. The Morgan fingerprint density at radius 1 is 0.952 bits per heavy atom. The molecule has 0 aliphatic heterocycles. The minimum atomic E-state index is -0.664. The molecule has 2 atom stereocenters. The minimum absolute atomic E-state index is 0.310. The molecule has 0 fully saturated rings. The Morgan fingerprint density at radius 2 is 1.67 bits per heavy atom. The molecule has 2 unspecified atom stereocenters. The van der Waals surface area contributed by atoms with Crippen LogP contribution < -0.4 is 0 Å². The van der Waals surface area contributed by atoms with Crippen molar-refractivity contribution in [2.24, 2.45) is 0 Å². The molecule has 0 radical (unpaired) electrons. The van der Waals surface area contributed by atoms with Crippen molar-refractivity contribution in [2.75, 3.05) is 6.61 Å². The van der Waals surface area contributed by atoms with Gasteiger partial charge in [-0.05, 0) is 25.7 Å². The molecule has 5 heteroatoms. The zero-order valence-corrected chi connectivity index (χ0v) is 13.6. The van der Waals surface area contributed by atoms with E-state index in [2.05, 4.69) is 6.92 Å². The molecule has 1 N–H and O–H groups in total. The van der Waals surface area contributed by atoms with E-state index in [9.17, 15) is 14.7 Å². The fraction of sp³-hybridized carbons (Fsp3) is 0.875. The van der Waals surface area contributed by atoms with Gasteiger partial charge in [0.15, 0.2) is 0 Å². The van der Waals surface area contributed by atoms with Gasteiger partial charge in [0.2, 0.25) is 0 Å². The van der Waals surface area contributed by atoms with Crippen molar-refractivity contribution in [1.82, 2.24) is 0 Å². The summed E-state index contributed by atoms with van der Waals surface area (Å²) in [4.78, 5) is 23.1. The Labute approximate surface area is 128 Å². The highest BCUT2D eigenvalue weighted by Gasteiger charge is 2.23. The van der Waals surface area contributed by atoms with E-state index in [4.69, 9.17) is 9.47 Å². The molecule has 21 heavy (non-hydrogen) atoms. The van der Waals surface area contributed by atoms with Crippen LogP contribution in [-0.2, 0) is 19.1 Å². The summed E-state index contributed by atoms with van der Waals surface area (Å²) < 4.78 is 10.1. The van der Waals surface area contributed by atoms with Crippen molar-refractivity contribution in [3.63, 3.8) is 0 Å². The molecule has 0 aliphatic carbocycles. The first kappa shape index (κ1) is 19.9. The normalized spacial score (nSPS) is 13.5. The monoisotopic (exact) mass is 302 g/mol. The highest BCUT2D eigenvalue weighted by Crippen LogP contribution is 2.15. The third kappa shape index (κ3) is 10.3. The lowest BCUT2D eigenvalue weighted by molar-refractivity contribution is -0.162. The summed E-state index contributed by atoms with van der Waals surface area (Å²) in [6, 6.07) is 0. The molecule has 0 aromatic heterocycles. The number of hydrogen-bond donors (Lipinski definition) is 1. The molecule has 0 aromatic carbocycles. The van der Waals surface area contributed by atoms with E-state index in [1.807, 2.05) is 13.8 Å². The lowest BCUT2D eigenvalue weighted by atomic mass is 10.0. The van der Waals surface area contributed by atoms with Gasteiger partial charge in [0.05, 0.1) is 12.7 Å². The number of hydrogen-bond acceptors (Lipinski definition) is 5. The van der Waals surface area contributed by atoms with Gasteiger partial charge in [-0.3, -0.25) is 9.59 Å². The van der Waals surface area contributed by atoms with Gasteiger partial charge >= 0.3 is 11.9 Å². The van der Waals surface area contributed by atoms with E-state index >= 15 is 0 Å². The predicted molar refractivity (Wildman–Crippen MR) is 80.8 cm³/mol. The number of rotatable bonds is 12. The van der Waals surface area contributed by atoms with Gasteiger partial charge < -0.3 is 14.6 Å². The summed E-state index contributed by atoms with van der Waals surface area (Å²) in [6.07, 6.45) is 4.18. The molecule has 0 bridgehead atoms. The van der Waals surface area contributed by atoms with Crippen LogP contribution in [-0.4, -0.2) is 35.9 Å². The zero-order valence-electron chi connectivity index (χ0n) is 13.6. The number of carbonyl (C=O) groups excluding carboxylic acids is 2. The average Bonchev–Trinajstić information content (AvgIpc) is 2.44. The van der Waals surface area contributed by atoms with Gasteiger partial charge in [0.1, 0.15) is 12.5 Å². The molecule has 124 valence electrons. The molecule has 0 rings (SSSR count). The van der Waals surface area contributed by atoms with Crippen LogP contribution in [0, 0.1) is 0 Å². The lowest BCUT2D eigenvalue weighted by Gasteiger charge is -2.23. The quantitative estimate of drug-likeness (QED) is 0.341. The summed E-state index contributed by atoms with van der Waals surface area (Å²) in [5.74, 6) is -1.19. The summed E-state index contributed by atoms with van der Waals surface area (Å²) in [7, 11) is 0. The summed E-state index contributed by atoms with van der Waals surface area (Å²) in [5.41, 5.74) is 0. The first-order valence-corrected chi connectivity index (χ1v) is 8.08. The van der Waals surface area contributed by atoms with Crippen molar-refractivity contribution in [3.8, 4) is 0 Å². The van der Waals surface area contributed by atoms with Crippen molar-refractivity contribution in [2.45, 2.75) is 84.3 Å². The average molecular weight is 302 g/mol. The highest BCUT2D eigenvalue weighted by molar-refractivity contribution is 5.91. The molecule has 0 aliphatic rings. The summed E-state index contributed by atoms with van der Waals surface area (Å²) in [6.45, 7) is 6.25. The van der Waals surface area contributed by atoms with E-state index in [1.54, 1.807) is 0 Å². The molecule has 5 nitrogen and oxygen atoms in total. The molecule has 0 amide bonds. The van der Waals surface area contributed by atoms with Gasteiger partial charge in [-0.25, -0.2) is 0 Å².